The fourth-order valence-electron chi connectivity index (χ4n) is 3.36. The Hall–Kier alpha value is -4.66. The molecule has 0 aliphatic heterocycles. The number of ether oxygens (including phenoxy) is 1. The number of nitrogens with one attached hydrogen (secondary N) is 2. The topological polar surface area (TPSA) is 130 Å². The normalized spacial score (nSPS) is 11.0. The van der Waals surface area contributed by atoms with E-state index in [9.17, 15) is 20.0 Å². The number of H-pyrrole nitrogens is 1. The quantitative estimate of drug-likeness (QED) is 0.240. The summed E-state index contributed by atoms with van der Waals surface area (Å²) in [5, 5.41) is 25.5. The largest absolute Gasteiger partial charge is 0.504 e. The highest BCUT2D eigenvalue weighted by atomic mass is 16.6. The van der Waals surface area contributed by atoms with Gasteiger partial charge in [-0.3, -0.25) is 14.9 Å². The van der Waals surface area contributed by atoms with Gasteiger partial charge in [0.05, 0.1) is 18.2 Å². The van der Waals surface area contributed by atoms with Crippen LogP contribution >= 0.6 is 0 Å². The SMILES string of the molecule is COc1cc(C=NNC(=O)c2[nH]c3ccc([N+](=O)[O-])cc3c2-c2ccccc2)ccc1O. The number of phenolic OH excluding ortho intramolecular Hbond substituents is 1. The first kappa shape index (κ1) is 20.6. The number of hydrogen-bond donors (Lipinski definition) is 3. The van der Waals surface area contributed by atoms with Gasteiger partial charge in [-0.05, 0) is 35.4 Å². The van der Waals surface area contributed by atoms with Crippen LogP contribution in [0.15, 0.2) is 71.8 Å². The van der Waals surface area contributed by atoms with E-state index in [1.165, 1.54) is 31.5 Å². The van der Waals surface area contributed by atoms with Crippen molar-refractivity contribution in [3.63, 3.8) is 0 Å². The lowest BCUT2D eigenvalue weighted by Gasteiger charge is -2.05. The third kappa shape index (κ3) is 3.99. The van der Waals surface area contributed by atoms with E-state index in [0.717, 1.165) is 5.56 Å². The minimum Gasteiger partial charge on any atom is -0.504 e. The lowest BCUT2D eigenvalue weighted by molar-refractivity contribution is -0.384. The van der Waals surface area contributed by atoms with E-state index in [4.69, 9.17) is 4.74 Å². The van der Waals surface area contributed by atoms with Gasteiger partial charge in [0.25, 0.3) is 11.6 Å². The molecule has 1 amide bonds. The zero-order chi connectivity index (χ0) is 22.7. The number of hydrogen-bond acceptors (Lipinski definition) is 6. The van der Waals surface area contributed by atoms with E-state index in [0.29, 0.717) is 22.0 Å². The summed E-state index contributed by atoms with van der Waals surface area (Å²) in [6.45, 7) is 0. The molecule has 3 N–H and O–H groups in total. The van der Waals surface area contributed by atoms with Crippen LogP contribution in [0.25, 0.3) is 22.0 Å². The van der Waals surface area contributed by atoms with Crippen molar-refractivity contribution in [3.05, 3.63) is 88.1 Å². The molecule has 4 rings (SSSR count). The van der Waals surface area contributed by atoms with Gasteiger partial charge in [-0.2, -0.15) is 5.10 Å². The van der Waals surface area contributed by atoms with Crippen LogP contribution in [-0.4, -0.2) is 34.2 Å². The molecule has 0 atom stereocenters. The lowest BCUT2D eigenvalue weighted by atomic mass is 10.0. The average Bonchev–Trinajstić information content (AvgIpc) is 3.19. The highest BCUT2D eigenvalue weighted by Crippen LogP contribution is 2.34. The van der Waals surface area contributed by atoms with Crippen LogP contribution < -0.4 is 10.2 Å². The molecule has 0 saturated heterocycles. The summed E-state index contributed by atoms with van der Waals surface area (Å²) in [5.74, 6) is -0.234. The number of phenols is 1. The Morgan fingerprint density at radius 1 is 1.16 bits per heavy atom. The fourth-order valence-corrected chi connectivity index (χ4v) is 3.36. The number of nitrogens with zero attached hydrogens (tertiary/aromatic N) is 2. The molecular formula is C23H18N4O5. The van der Waals surface area contributed by atoms with Crippen LogP contribution in [0.1, 0.15) is 16.1 Å². The number of rotatable bonds is 6. The maximum Gasteiger partial charge on any atom is 0.288 e. The summed E-state index contributed by atoms with van der Waals surface area (Å²) in [7, 11) is 1.43. The van der Waals surface area contributed by atoms with Crippen LogP contribution in [0.3, 0.4) is 0 Å². The molecule has 160 valence electrons. The number of non-ortho nitro benzene ring substituents is 1. The molecule has 0 bridgehead atoms. The van der Waals surface area contributed by atoms with Crippen molar-refractivity contribution in [1.82, 2.24) is 10.4 Å². The summed E-state index contributed by atoms with van der Waals surface area (Å²) in [6.07, 6.45) is 1.41. The molecule has 0 aliphatic rings. The van der Waals surface area contributed by atoms with Gasteiger partial charge in [-0.1, -0.05) is 30.3 Å². The third-order valence-corrected chi connectivity index (χ3v) is 4.87. The summed E-state index contributed by atoms with van der Waals surface area (Å²) in [6, 6.07) is 18.2. The van der Waals surface area contributed by atoms with E-state index in [2.05, 4.69) is 15.5 Å². The minimum absolute atomic E-state index is 0.00615. The third-order valence-electron chi connectivity index (χ3n) is 4.87. The number of aromatic amines is 1. The smallest absolute Gasteiger partial charge is 0.288 e. The molecule has 0 saturated carbocycles. The van der Waals surface area contributed by atoms with Gasteiger partial charge < -0.3 is 14.8 Å². The molecule has 1 heterocycles. The Balaban J connectivity index is 1.70. The van der Waals surface area contributed by atoms with Gasteiger partial charge in [0.2, 0.25) is 0 Å². The maximum absolute atomic E-state index is 12.9. The number of methoxy groups -OCH3 is 1. The van der Waals surface area contributed by atoms with Gasteiger partial charge >= 0.3 is 0 Å². The molecule has 0 unspecified atom stereocenters. The molecule has 0 radical (unpaired) electrons. The molecule has 0 fully saturated rings. The first-order valence-electron chi connectivity index (χ1n) is 9.54. The van der Waals surface area contributed by atoms with Crippen LogP contribution in [-0.2, 0) is 0 Å². The number of benzene rings is 3. The van der Waals surface area contributed by atoms with Gasteiger partial charge in [-0.25, -0.2) is 5.43 Å². The van der Waals surface area contributed by atoms with E-state index < -0.39 is 10.8 Å². The Morgan fingerprint density at radius 3 is 2.66 bits per heavy atom. The number of nitro benzene ring substituents is 1. The predicted octanol–water partition coefficient (Wildman–Crippen LogP) is 4.22. The molecule has 0 spiro atoms. The van der Waals surface area contributed by atoms with Gasteiger partial charge in [0.1, 0.15) is 5.69 Å². The average molecular weight is 430 g/mol. The fraction of sp³-hybridized carbons (Fsp3) is 0.0435. The molecule has 1 aromatic heterocycles. The number of carbonyl (C=O) groups excluding carboxylic acids is 1. The second-order valence-corrected chi connectivity index (χ2v) is 6.86. The van der Waals surface area contributed by atoms with Crippen LogP contribution in [0.2, 0.25) is 0 Å². The summed E-state index contributed by atoms with van der Waals surface area (Å²) >= 11 is 0. The molecule has 3 aromatic carbocycles. The minimum atomic E-state index is -0.510. The monoisotopic (exact) mass is 430 g/mol. The van der Waals surface area contributed by atoms with Crippen molar-refractivity contribution in [2.45, 2.75) is 0 Å². The van der Waals surface area contributed by atoms with Gasteiger partial charge in [0, 0.05) is 28.6 Å². The Kier molecular flexibility index (Phi) is 5.54. The van der Waals surface area contributed by atoms with Gasteiger partial charge in [-0.15, -0.1) is 0 Å². The Bertz CT molecular complexity index is 1350. The summed E-state index contributed by atoms with van der Waals surface area (Å²) < 4.78 is 5.06. The van der Waals surface area contributed by atoms with Gasteiger partial charge in [0.15, 0.2) is 11.5 Å². The van der Waals surface area contributed by atoms with Crippen LogP contribution in [0, 0.1) is 10.1 Å². The summed E-state index contributed by atoms with van der Waals surface area (Å²) in [5.41, 5.74) is 5.10. The number of aromatic nitrogens is 1. The highest BCUT2D eigenvalue weighted by molar-refractivity contribution is 6.10. The van der Waals surface area contributed by atoms with Crippen molar-refractivity contribution < 1.29 is 19.6 Å². The number of aromatic hydroxyl groups is 1. The number of nitro groups is 1. The molecule has 9 heteroatoms. The zero-order valence-electron chi connectivity index (χ0n) is 16.9. The van der Waals surface area contributed by atoms with E-state index in [-0.39, 0.29) is 22.9 Å². The van der Waals surface area contributed by atoms with E-state index >= 15 is 0 Å². The van der Waals surface area contributed by atoms with E-state index in [1.807, 2.05) is 30.3 Å². The Morgan fingerprint density at radius 2 is 1.94 bits per heavy atom. The molecule has 4 aromatic rings. The first-order valence-corrected chi connectivity index (χ1v) is 9.54. The Labute approximate surface area is 182 Å². The highest BCUT2D eigenvalue weighted by Gasteiger charge is 2.21. The van der Waals surface area contributed by atoms with Crippen molar-refractivity contribution >= 4 is 28.7 Å². The summed E-state index contributed by atoms with van der Waals surface area (Å²) in [4.78, 5) is 26.8. The zero-order valence-corrected chi connectivity index (χ0v) is 16.9. The second-order valence-electron chi connectivity index (χ2n) is 6.86. The molecule has 0 aliphatic carbocycles. The van der Waals surface area contributed by atoms with Crippen molar-refractivity contribution in [2.24, 2.45) is 5.10 Å². The first-order chi connectivity index (χ1) is 15.5. The van der Waals surface area contributed by atoms with Crippen molar-refractivity contribution in [3.8, 4) is 22.6 Å². The molecule has 9 nitrogen and oxygen atoms in total. The van der Waals surface area contributed by atoms with Crippen LogP contribution in [0.4, 0.5) is 5.69 Å². The molecular weight excluding hydrogens is 412 g/mol. The number of carbonyl (C=O) groups is 1. The maximum atomic E-state index is 12.9. The van der Waals surface area contributed by atoms with Crippen molar-refractivity contribution in [2.75, 3.05) is 7.11 Å². The van der Waals surface area contributed by atoms with Crippen molar-refractivity contribution in [1.29, 1.82) is 0 Å². The van der Waals surface area contributed by atoms with Crippen LogP contribution in [0.5, 0.6) is 11.5 Å². The number of amides is 1. The number of fused-ring (bicyclic) bond motifs is 1. The lowest BCUT2D eigenvalue weighted by Crippen LogP contribution is -2.18. The number of hydrazone groups is 1. The van der Waals surface area contributed by atoms with E-state index in [1.54, 1.807) is 18.2 Å². The second kappa shape index (κ2) is 8.60. The predicted molar refractivity (Wildman–Crippen MR) is 120 cm³/mol. The molecule has 32 heavy (non-hydrogen) atoms. The standard InChI is InChI=1S/C23H18N4O5/c1-32-20-11-14(7-10-19(20)28)13-24-26-23(29)22-21(15-5-3-2-4-6-15)17-12-16(27(30)31)8-9-18(17)25-22/h2-13,25,28H,1H3,(H,26,29).